The summed E-state index contributed by atoms with van der Waals surface area (Å²) in [4.78, 5) is 39.6. The lowest BCUT2D eigenvalue weighted by Crippen LogP contribution is -2.50. The van der Waals surface area contributed by atoms with Gasteiger partial charge in [-0.05, 0) is 59.8 Å². The van der Waals surface area contributed by atoms with Crippen molar-refractivity contribution >= 4 is 36.7 Å². The van der Waals surface area contributed by atoms with Crippen LogP contribution in [-0.4, -0.2) is 49.5 Å². The molecule has 2 N–H and O–H groups in total. The second-order valence-corrected chi connectivity index (χ2v) is 15.4. The van der Waals surface area contributed by atoms with Gasteiger partial charge in [-0.15, -0.1) is 0 Å². The average molecular weight is 499 g/mol. The highest BCUT2D eigenvalue weighted by Crippen LogP contribution is 2.40. The number of nitrogens with one attached hydrogen (secondary N) is 1. The van der Waals surface area contributed by atoms with Gasteiger partial charge < -0.3 is 20.1 Å². The molecule has 2 aromatic rings. The minimum atomic E-state index is -1.87. The zero-order chi connectivity index (χ0) is 25.5. The molecule has 1 atom stereocenters. The van der Waals surface area contributed by atoms with E-state index in [0.717, 1.165) is 5.56 Å². The minimum Gasteiger partial charge on any atom is -0.497 e. The Bertz CT molecular complexity index is 1170. The van der Waals surface area contributed by atoms with Gasteiger partial charge in [-0.3, -0.25) is 14.4 Å². The smallest absolute Gasteiger partial charge is 0.306 e. The van der Waals surface area contributed by atoms with Crippen LogP contribution in [0.15, 0.2) is 36.4 Å². The summed E-state index contributed by atoms with van der Waals surface area (Å²) in [6.45, 7) is 6.48. The predicted octanol–water partition coefficient (Wildman–Crippen LogP) is 3.55. The number of benzene rings is 2. The monoisotopic (exact) mass is 498 g/mol. The molecule has 1 saturated carbocycles. The molecular weight excluding hydrogens is 467 g/mol. The Hall–Kier alpha value is -3.20. The van der Waals surface area contributed by atoms with Gasteiger partial charge in [0.05, 0.1) is 21.1 Å². The van der Waals surface area contributed by atoms with E-state index in [1.165, 1.54) is 6.07 Å². The van der Waals surface area contributed by atoms with E-state index in [2.05, 4.69) is 25.0 Å². The fourth-order valence-electron chi connectivity index (χ4n) is 4.92. The summed E-state index contributed by atoms with van der Waals surface area (Å²) in [7, 11) is -0.306. The Balaban J connectivity index is 1.62. The number of ether oxygens (including phenoxy) is 1. The molecule has 1 unspecified atom stereocenters. The number of amides is 2. The van der Waals surface area contributed by atoms with Crippen LogP contribution < -0.4 is 15.2 Å². The van der Waals surface area contributed by atoms with Gasteiger partial charge in [-0.2, -0.15) is 0 Å². The van der Waals surface area contributed by atoms with Crippen molar-refractivity contribution in [2.45, 2.75) is 44.9 Å². The molecule has 9 heteroatoms. The van der Waals surface area contributed by atoms with Gasteiger partial charge in [0.2, 0.25) is 5.91 Å². The first kappa shape index (κ1) is 24.9. The van der Waals surface area contributed by atoms with E-state index < -0.39 is 37.8 Å². The average Bonchev–Trinajstić information content (AvgIpc) is 2.75. The van der Waals surface area contributed by atoms with Crippen LogP contribution in [0.2, 0.25) is 19.6 Å². The van der Waals surface area contributed by atoms with E-state index in [1.807, 2.05) is 6.07 Å². The first-order chi connectivity index (χ1) is 16.5. The number of carbonyl (C=O) groups is 3. The van der Waals surface area contributed by atoms with Crippen molar-refractivity contribution in [1.29, 1.82) is 0 Å². The lowest BCUT2D eigenvalue weighted by molar-refractivity contribution is -0.154. The van der Waals surface area contributed by atoms with Crippen molar-refractivity contribution in [2.24, 2.45) is 11.8 Å². The van der Waals surface area contributed by atoms with Crippen molar-refractivity contribution in [2.75, 3.05) is 19.0 Å². The first-order valence-corrected chi connectivity index (χ1v) is 15.3. The number of rotatable bonds is 6. The number of methoxy groups -OCH3 is 1. The molecule has 1 aliphatic carbocycles. The fraction of sp³-hybridized carbons (Fsp3) is 0.423. The number of hydrogen-bond acceptors (Lipinski definition) is 4. The van der Waals surface area contributed by atoms with Gasteiger partial charge in [0.25, 0.3) is 5.91 Å². The maximum absolute atomic E-state index is 14.8. The van der Waals surface area contributed by atoms with Crippen molar-refractivity contribution in [1.82, 2.24) is 4.90 Å². The molecule has 0 saturated heterocycles. The van der Waals surface area contributed by atoms with E-state index in [1.54, 1.807) is 36.3 Å². The largest absolute Gasteiger partial charge is 0.497 e. The molecule has 186 valence electrons. The molecule has 0 aromatic heterocycles. The Labute approximate surface area is 205 Å². The topological polar surface area (TPSA) is 95.9 Å². The summed E-state index contributed by atoms with van der Waals surface area (Å²) in [5.41, 5.74) is 1.93. The Morgan fingerprint density at radius 2 is 1.80 bits per heavy atom. The molecule has 1 fully saturated rings. The summed E-state index contributed by atoms with van der Waals surface area (Å²) in [6.07, 6.45) is 1.10. The standard InChI is InChI=1S/C26H31FN2O5Si/c1-34-19-6-7-20-15(13-19)9-10-29(25(31)16-11-17(12-16)26(32)33)23(20)24(30)28-18-5-8-22(21(27)14-18)35(2,3)4/h5-8,13-14,16-17,23H,9-12H2,1-4H3,(H,28,30)(H,32,33). The summed E-state index contributed by atoms with van der Waals surface area (Å²) in [5, 5.41) is 12.7. The number of hydrogen-bond donors (Lipinski definition) is 2. The number of anilines is 1. The molecular formula is C26H31FN2O5Si. The van der Waals surface area contributed by atoms with Gasteiger partial charge >= 0.3 is 5.97 Å². The van der Waals surface area contributed by atoms with Crippen LogP contribution in [0.1, 0.15) is 30.0 Å². The molecule has 35 heavy (non-hydrogen) atoms. The van der Waals surface area contributed by atoms with Crippen LogP contribution in [-0.2, 0) is 20.8 Å². The fourth-order valence-corrected chi connectivity index (χ4v) is 6.29. The summed E-state index contributed by atoms with van der Waals surface area (Å²) in [5.74, 6) is -2.18. The van der Waals surface area contributed by atoms with E-state index in [9.17, 15) is 23.9 Å². The number of carbonyl (C=O) groups excluding carboxylic acids is 2. The lowest BCUT2D eigenvalue weighted by Gasteiger charge is -2.41. The molecule has 2 aliphatic rings. The number of halogens is 1. The van der Waals surface area contributed by atoms with Crippen molar-refractivity contribution in [3.8, 4) is 5.75 Å². The normalized spacial score (nSPS) is 21.5. The van der Waals surface area contributed by atoms with Gasteiger partial charge in [-0.1, -0.05) is 31.8 Å². The van der Waals surface area contributed by atoms with Crippen molar-refractivity contribution < 1.29 is 28.6 Å². The highest BCUT2D eigenvalue weighted by Gasteiger charge is 2.44. The third-order valence-corrected chi connectivity index (χ3v) is 9.01. The second-order valence-electron chi connectivity index (χ2n) is 10.4. The quantitative estimate of drug-likeness (QED) is 0.594. The van der Waals surface area contributed by atoms with E-state index in [4.69, 9.17) is 4.74 Å². The van der Waals surface area contributed by atoms with Crippen molar-refractivity contribution in [3.05, 3.63) is 53.3 Å². The predicted molar refractivity (Wildman–Crippen MR) is 133 cm³/mol. The van der Waals surface area contributed by atoms with E-state index in [0.29, 0.717) is 35.2 Å². The molecule has 2 aromatic carbocycles. The van der Waals surface area contributed by atoms with Gasteiger partial charge in [-0.25, -0.2) is 4.39 Å². The van der Waals surface area contributed by atoms with Gasteiger partial charge in [0, 0.05) is 18.2 Å². The molecule has 7 nitrogen and oxygen atoms in total. The van der Waals surface area contributed by atoms with Crippen LogP contribution in [0.3, 0.4) is 0 Å². The van der Waals surface area contributed by atoms with Gasteiger partial charge in [0.15, 0.2) is 0 Å². The number of carboxylic acid groups (broad SMARTS) is 1. The molecule has 0 spiro atoms. The Kier molecular flexibility index (Phi) is 6.72. The highest BCUT2D eigenvalue weighted by atomic mass is 28.3. The van der Waals surface area contributed by atoms with E-state index in [-0.39, 0.29) is 24.6 Å². The molecule has 0 radical (unpaired) electrons. The molecule has 0 bridgehead atoms. The maximum Gasteiger partial charge on any atom is 0.306 e. The number of fused-ring (bicyclic) bond motifs is 1. The number of aliphatic carboxylic acids is 1. The zero-order valence-electron chi connectivity index (χ0n) is 20.4. The highest BCUT2D eigenvalue weighted by molar-refractivity contribution is 6.88. The molecule has 4 rings (SSSR count). The van der Waals surface area contributed by atoms with E-state index >= 15 is 0 Å². The third-order valence-electron chi connectivity index (χ3n) is 6.99. The molecule has 1 heterocycles. The maximum atomic E-state index is 14.8. The summed E-state index contributed by atoms with van der Waals surface area (Å²) in [6, 6.07) is 9.25. The van der Waals surface area contributed by atoms with Crippen molar-refractivity contribution in [3.63, 3.8) is 0 Å². The summed E-state index contributed by atoms with van der Waals surface area (Å²) >= 11 is 0. The van der Waals surface area contributed by atoms with Crippen LogP contribution in [0.4, 0.5) is 10.1 Å². The molecule has 2 amide bonds. The minimum absolute atomic E-state index is 0.218. The van der Waals surface area contributed by atoms with Crippen LogP contribution in [0.5, 0.6) is 5.75 Å². The van der Waals surface area contributed by atoms with Gasteiger partial charge in [0.1, 0.15) is 17.6 Å². The SMILES string of the molecule is COc1ccc2c(c1)CCN(C(=O)C1CC(C(=O)O)C1)C2C(=O)Nc1ccc([Si](C)(C)C)c(F)c1. The van der Waals surface area contributed by atoms with Crippen LogP contribution in [0.25, 0.3) is 0 Å². The Morgan fingerprint density at radius 1 is 1.09 bits per heavy atom. The lowest BCUT2D eigenvalue weighted by atomic mass is 9.73. The summed E-state index contributed by atoms with van der Waals surface area (Å²) < 4.78 is 20.1. The molecule has 1 aliphatic heterocycles. The number of carboxylic acids is 1. The first-order valence-electron chi connectivity index (χ1n) is 11.8. The second kappa shape index (κ2) is 9.45. The van der Waals surface area contributed by atoms with Crippen LogP contribution in [0, 0.1) is 17.7 Å². The Morgan fingerprint density at radius 3 is 2.40 bits per heavy atom. The van der Waals surface area contributed by atoms with Crippen LogP contribution >= 0.6 is 0 Å². The third kappa shape index (κ3) is 4.95. The number of nitrogens with zero attached hydrogens (tertiary/aromatic N) is 1. The zero-order valence-corrected chi connectivity index (χ0v) is 21.4.